The smallest absolute Gasteiger partial charge is 0.225 e. The maximum absolute atomic E-state index is 12.6. The molecule has 1 amide bonds. The van der Waals surface area contributed by atoms with Gasteiger partial charge in [-0.25, -0.2) is 0 Å². The SMILES string of the molecule is CCNC(=NCCN1CCN(C(=O)C2CCCC2)CC1)N1CCC(COCC)C1. The first-order chi connectivity index (χ1) is 14.2. The van der Waals surface area contributed by atoms with Gasteiger partial charge < -0.3 is 19.9 Å². The fourth-order valence-electron chi connectivity index (χ4n) is 4.79. The number of likely N-dealkylation sites (tertiary alicyclic amines) is 1. The second-order valence-electron chi connectivity index (χ2n) is 8.64. The Bertz CT molecular complexity index is 527. The molecule has 2 heterocycles. The van der Waals surface area contributed by atoms with Gasteiger partial charge in [-0.05, 0) is 33.1 Å². The van der Waals surface area contributed by atoms with E-state index in [4.69, 9.17) is 9.73 Å². The standard InChI is InChI=1S/C22H41N5O2/c1-3-23-22(27-11-9-19(17-27)18-29-4-2)24-10-12-25-13-15-26(16-14-25)21(28)20-7-5-6-8-20/h19-20H,3-18H2,1-2H3,(H,23,24). The van der Waals surface area contributed by atoms with Gasteiger partial charge in [-0.2, -0.15) is 0 Å². The zero-order valence-corrected chi connectivity index (χ0v) is 18.6. The molecule has 0 aromatic carbocycles. The lowest BCUT2D eigenvalue weighted by atomic mass is 10.1. The zero-order chi connectivity index (χ0) is 20.5. The van der Waals surface area contributed by atoms with E-state index in [-0.39, 0.29) is 0 Å². The Labute approximate surface area is 176 Å². The summed E-state index contributed by atoms with van der Waals surface area (Å²) in [6.07, 6.45) is 5.84. The topological polar surface area (TPSA) is 60.4 Å². The zero-order valence-electron chi connectivity index (χ0n) is 18.6. The Balaban J connectivity index is 1.39. The quantitative estimate of drug-likeness (QED) is 0.490. The Morgan fingerprint density at radius 2 is 1.79 bits per heavy atom. The molecule has 2 saturated heterocycles. The molecule has 3 aliphatic rings. The number of piperazine rings is 1. The van der Waals surface area contributed by atoms with Crippen LogP contribution in [0.15, 0.2) is 4.99 Å². The Hall–Kier alpha value is -1.34. The number of aliphatic imine (C=N–C) groups is 1. The van der Waals surface area contributed by atoms with E-state index in [0.29, 0.717) is 17.7 Å². The molecule has 0 aromatic heterocycles. The molecular weight excluding hydrogens is 366 g/mol. The van der Waals surface area contributed by atoms with Gasteiger partial charge in [0.15, 0.2) is 5.96 Å². The third kappa shape index (κ3) is 6.57. The molecule has 2 aliphatic heterocycles. The fourth-order valence-corrected chi connectivity index (χ4v) is 4.79. The largest absolute Gasteiger partial charge is 0.381 e. The first-order valence-electron chi connectivity index (χ1n) is 11.8. The number of carbonyl (C=O) groups excluding carboxylic acids is 1. The first-order valence-corrected chi connectivity index (χ1v) is 11.8. The number of nitrogens with one attached hydrogen (secondary N) is 1. The summed E-state index contributed by atoms with van der Waals surface area (Å²) in [4.78, 5) is 24.4. The van der Waals surface area contributed by atoms with E-state index in [1.807, 2.05) is 0 Å². The van der Waals surface area contributed by atoms with Crippen molar-refractivity contribution in [3.8, 4) is 0 Å². The highest BCUT2D eigenvalue weighted by Gasteiger charge is 2.29. The van der Waals surface area contributed by atoms with Crippen LogP contribution in [0.1, 0.15) is 46.0 Å². The van der Waals surface area contributed by atoms with E-state index in [2.05, 4.69) is 33.9 Å². The minimum absolute atomic E-state index is 0.306. The van der Waals surface area contributed by atoms with Crippen molar-refractivity contribution in [1.29, 1.82) is 0 Å². The lowest BCUT2D eigenvalue weighted by Crippen LogP contribution is -2.50. The number of ether oxygens (including phenoxy) is 1. The van der Waals surface area contributed by atoms with Crippen molar-refractivity contribution in [2.45, 2.75) is 46.0 Å². The predicted molar refractivity (Wildman–Crippen MR) is 117 cm³/mol. The highest BCUT2D eigenvalue weighted by Crippen LogP contribution is 2.26. The normalized spacial score (nSPS) is 24.5. The van der Waals surface area contributed by atoms with Gasteiger partial charge in [0.1, 0.15) is 0 Å². The summed E-state index contributed by atoms with van der Waals surface area (Å²) in [5, 5.41) is 3.46. The van der Waals surface area contributed by atoms with Crippen molar-refractivity contribution in [3.05, 3.63) is 0 Å². The Morgan fingerprint density at radius 3 is 2.48 bits per heavy atom. The van der Waals surface area contributed by atoms with E-state index in [1.54, 1.807) is 0 Å². The molecule has 0 radical (unpaired) electrons. The van der Waals surface area contributed by atoms with Crippen molar-refractivity contribution in [2.75, 3.05) is 72.1 Å². The molecule has 0 bridgehead atoms. The molecule has 166 valence electrons. The molecule has 1 unspecified atom stereocenters. The van der Waals surface area contributed by atoms with Gasteiger partial charge in [0.25, 0.3) is 0 Å². The molecule has 29 heavy (non-hydrogen) atoms. The van der Waals surface area contributed by atoms with Gasteiger partial charge in [0, 0.05) is 70.8 Å². The summed E-state index contributed by atoms with van der Waals surface area (Å²) >= 11 is 0. The maximum Gasteiger partial charge on any atom is 0.225 e. The average Bonchev–Trinajstić information content (AvgIpc) is 3.44. The molecule has 1 N–H and O–H groups in total. The number of rotatable bonds is 8. The third-order valence-corrected chi connectivity index (χ3v) is 6.54. The Kier molecular flexibility index (Phi) is 9.05. The molecule has 0 spiro atoms. The fraction of sp³-hybridized carbons (Fsp3) is 0.909. The van der Waals surface area contributed by atoms with Gasteiger partial charge in [-0.15, -0.1) is 0 Å². The summed E-state index contributed by atoms with van der Waals surface area (Å²) < 4.78 is 5.60. The minimum Gasteiger partial charge on any atom is -0.381 e. The van der Waals surface area contributed by atoms with Gasteiger partial charge in [0.2, 0.25) is 5.91 Å². The van der Waals surface area contributed by atoms with E-state index in [9.17, 15) is 4.79 Å². The van der Waals surface area contributed by atoms with E-state index >= 15 is 0 Å². The average molecular weight is 408 g/mol. The van der Waals surface area contributed by atoms with Crippen LogP contribution in [0.4, 0.5) is 0 Å². The monoisotopic (exact) mass is 407 g/mol. The van der Waals surface area contributed by atoms with Crippen LogP contribution in [0.5, 0.6) is 0 Å². The van der Waals surface area contributed by atoms with Gasteiger partial charge in [0.05, 0.1) is 13.2 Å². The summed E-state index contributed by atoms with van der Waals surface area (Å²) in [7, 11) is 0. The molecule has 1 aliphatic carbocycles. The molecule has 3 fully saturated rings. The Morgan fingerprint density at radius 1 is 1.03 bits per heavy atom. The van der Waals surface area contributed by atoms with Crippen LogP contribution < -0.4 is 5.32 Å². The molecule has 1 atom stereocenters. The molecule has 7 heteroatoms. The summed E-state index contributed by atoms with van der Waals surface area (Å²) in [6, 6.07) is 0. The highest BCUT2D eigenvalue weighted by atomic mass is 16.5. The molecule has 0 aromatic rings. The third-order valence-electron chi connectivity index (χ3n) is 6.54. The maximum atomic E-state index is 12.6. The number of amides is 1. The van der Waals surface area contributed by atoms with Gasteiger partial charge >= 0.3 is 0 Å². The minimum atomic E-state index is 0.306. The van der Waals surface area contributed by atoms with Crippen molar-refractivity contribution >= 4 is 11.9 Å². The van der Waals surface area contributed by atoms with Crippen molar-refractivity contribution in [3.63, 3.8) is 0 Å². The van der Waals surface area contributed by atoms with Crippen molar-refractivity contribution in [2.24, 2.45) is 16.8 Å². The summed E-state index contributed by atoms with van der Waals surface area (Å²) in [5.41, 5.74) is 0. The van der Waals surface area contributed by atoms with Gasteiger partial charge in [-0.1, -0.05) is 12.8 Å². The highest BCUT2D eigenvalue weighted by molar-refractivity contribution is 5.80. The second kappa shape index (κ2) is 11.7. The van der Waals surface area contributed by atoms with Crippen molar-refractivity contribution in [1.82, 2.24) is 20.0 Å². The lowest BCUT2D eigenvalue weighted by molar-refractivity contribution is -0.137. The van der Waals surface area contributed by atoms with E-state index in [1.165, 1.54) is 19.3 Å². The van der Waals surface area contributed by atoms with Crippen LogP contribution in [0.25, 0.3) is 0 Å². The number of hydrogen-bond donors (Lipinski definition) is 1. The number of hydrogen-bond acceptors (Lipinski definition) is 4. The predicted octanol–water partition coefficient (Wildman–Crippen LogP) is 1.64. The van der Waals surface area contributed by atoms with E-state index in [0.717, 1.165) is 90.9 Å². The van der Waals surface area contributed by atoms with E-state index < -0.39 is 0 Å². The lowest BCUT2D eigenvalue weighted by Gasteiger charge is -2.35. The molecule has 7 nitrogen and oxygen atoms in total. The van der Waals surface area contributed by atoms with Crippen LogP contribution >= 0.6 is 0 Å². The number of nitrogens with zero attached hydrogens (tertiary/aromatic N) is 4. The van der Waals surface area contributed by atoms with Crippen molar-refractivity contribution < 1.29 is 9.53 Å². The molecule has 3 rings (SSSR count). The molecular formula is C22H41N5O2. The summed E-state index contributed by atoms with van der Waals surface area (Å²) in [5.74, 6) is 2.37. The van der Waals surface area contributed by atoms with Crippen LogP contribution in [0.3, 0.4) is 0 Å². The van der Waals surface area contributed by atoms with Crippen LogP contribution in [0.2, 0.25) is 0 Å². The number of guanidine groups is 1. The van der Waals surface area contributed by atoms with Crippen LogP contribution in [-0.2, 0) is 9.53 Å². The summed E-state index contributed by atoms with van der Waals surface area (Å²) in [6.45, 7) is 14.3. The number of carbonyl (C=O) groups is 1. The van der Waals surface area contributed by atoms with Crippen LogP contribution in [-0.4, -0.2) is 98.7 Å². The first kappa shape index (κ1) is 22.3. The second-order valence-corrected chi connectivity index (χ2v) is 8.64. The van der Waals surface area contributed by atoms with Gasteiger partial charge in [-0.3, -0.25) is 14.7 Å². The molecule has 1 saturated carbocycles. The van der Waals surface area contributed by atoms with Crippen LogP contribution in [0, 0.1) is 11.8 Å².